The van der Waals surface area contributed by atoms with Gasteiger partial charge in [0, 0.05) is 33.2 Å². The first-order valence-corrected chi connectivity index (χ1v) is 7.97. The standard InChI is InChI=1S/C11H13F2NO3S2/c1-6-4-8(17-11(12)13)9(18-6)10(15)14-7-2-3-19(16)5-7/h4,7,11H,2-3,5H2,1H3,(H,14,15)/t7-,19-/m1/s1. The predicted octanol–water partition coefficient (Wildman–Crippen LogP) is 1.91. The fourth-order valence-corrected chi connectivity index (χ4v) is 4.12. The van der Waals surface area contributed by atoms with Gasteiger partial charge in [-0.05, 0) is 19.4 Å². The molecule has 1 amide bonds. The van der Waals surface area contributed by atoms with Crippen LogP contribution in [0.1, 0.15) is 21.0 Å². The maximum absolute atomic E-state index is 12.2. The van der Waals surface area contributed by atoms with Gasteiger partial charge in [0.2, 0.25) is 0 Å². The van der Waals surface area contributed by atoms with Crippen molar-refractivity contribution in [2.45, 2.75) is 26.0 Å². The maximum atomic E-state index is 12.2. The first kappa shape index (κ1) is 14.4. The van der Waals surface area contributed by atoms with Crippen molar-refractivity contribution in [3.05, 3.63) is 15.8 Å². The van der Waals surface area contributed by atoms with Crippen molar-refractivity contribution in [2.75, 3.05) is 11.5 Å². The zero-order valence-corrected chi connectivity index (χ0v) is 11.8. The number of thiophene rings is 1. The summed E-state index contributed by atoms with van der Waals surface area (Å²) >= 11 is 1.10. The van der Waals surface area contributed by atoms with E-state index in [-0.39, 0.29) is 16.7 Å². The molecule has 1 aliphatic rings. The van der Waals surface area contributed by atoms with Gasteiger partial charge in [0.05, 0.1) is 0 Å². The van der Waals surface area contributed by atoms with E-state index in [4.69, 9.17) is 0 Å². The molecule has 1 aromatic heterocycles. The highest BCUT2D eigenvalue weighted by Crippen LogP contribution is 2.30. The average Bonchev–Trinajstić information content (AvgIpc) is 2.84. The second kappa shape index (κ2) is 5.96. The molecular formula is C11H13F2NO3S2. The lowest BCUT2D eigenvalue weighted by Crippen LogP contribution is -2.35. The Kier molecular flexibility index (Phi) is 4.51. The van der Waals surface area contributed by atoms with Crippen LogP contribution in [0.15, 0.2) is 6.07 Å². The van der Waals surface area contributed by atoms with Crippen LogP contribution in [0.5, 0.6) is 5.75 Å². The normalized spacial score (nSPS) is 22.7. The Bertz CT molecular complexity index is 504. The summed E-state index contributed by atoms with van der Waals surface area (Å²) in [6.45, 7) is -1.25. The summed E-state index contributed by atoms with van der Waals surface area (Å²) < 4.78 is 40.0. The Labute approximate surface area is 115 Å². The van der Waals surface area contributed by atoms with E-state index >= 15 is 0 Å². The number of nitrogens with one attached hydrogen (secondary N) is 1. The van der Waals surface area contributed by atoms with E-state index in [2.05, 4.69) is 10.1 Å². The average molecular weight is 309 g/mol. The number of hydrogen-bond acceptors (Lipinski definition) is 4. The summed E-state index contributed by atoms with van der Waals surface area (Å²) in [4.78, 5) is 12.9. The van der Waals surface area contributed by atoms with E-state index in [0.29, 0.717) is 17.9 Å². The van der Waals surface area contributed by atoms with E-state index in [1.54, 1.807) is 6.92 Å². The lowest BCUT2D eigenvalue weighted by atomic mass is 10.2. The molecule has 0 aromatic carbocycles. The molecule has 0 radical (unpaired) electrons. The van der Waals surface area contributed by atoms with Crippen molar-refractivity contribution in [3.63, 3.8) is 0 Å². The van der Waals surface area contributed by atoms with Gasteiger partial charge in [0.25, 0.3) is 5.91 Å². The highest BCUT2D eigenvalue weighted by molar-refractivity contribution is 7.85. The topological polar surface area (TPSA) is 55.4 Å². The fourth-order valence-electron chi connectivity index (χ4n) is 1.86. The third kappa shape index (κ3) is 3.73. The first-order valence-electron chi connectivity index (χ1n) is 5.67. The van der Waals surface area contributed by atoms with Gasteiger partial charge in [-0.3, -0.25) is 9.00 Å². The van der Waals surface area contributed by atoms with Crippen LogP contribution in [-0.2, 0) is 10.8 Å². The SMILES string of the molecule is Cc1cc(OC(F)F)c(C(=O)N[C@@H]2CC[S@@](=O)C2)s1. The molecule has 2 rings (SSSR count). The van der Waals surface area contributed by atoms with Gasteiger partial charge >= 0.3 is 6.61 Å². The number of aryl methyl sites for hydroxylation is 1. The number of alkyl halides is 2. The molecule has 8 heteroatoms. The zero-order valence-electron chi connectivity index (χ0n) is 10.2. The predicted molar refractivity (Wildman–Crippen MR) is 69.4 cm³/mol. The molecule has 0 unspecified atom stereocenters. The monoisotopic (exact) mass is 309 g/mol. The molecule has 1 N–H and O–H groups in total. The molecule has 1 fully saturated rings. The molecule has 4 nitrogen and oxygen atoms in total. The van der Waals surface area contributed by atoms with Crippen LogP contribution in [0.2, 0.25) is 0 Å². The summed E-state index contributed by atoms with van der Waals surface area (Å²) in [5.41, 5.74) is 0. The van der Waals surface area contributed by atoms with Crippen LogP contribution in [0.25, 0.3) is 0 Å². The fraction of sp³-hybridized carbons (Fsp3) is 0.545. The highest BCUT2D eigenvalue weighted by Gasteiger charge is 2.26. The number of hydrogen-bond donors (Lipinski definition) is 1. The first-order chi connectivity index (χ1) is 8.95. The Balaban J connectivity index is 2.07. The molecule has 0 aliphatic carbocycles. The molecule has 1 saturated heterocycles. The summed E-state index contributed by atoms with van der Waals surface area (Å²) in [6.07, 6.45) is 0.647. The van der Waals surface area contributed by atoms with E-state index < -0.39 is 23.3 Å². The van der Waals surface area contributed by atoms with Crippen molar-refractivity contribution < 1.29 is 22.5 Å². The minimum absolute atomic E-state index is 0.103. The van der Waals surface area contributed by atoms with E-state index in [1.807, 2.05) is 0 Å². The molecule has 0 saturated carbocycles. The van der Waals surface area contributed by atoms with Crippen LogP contribution in [0.3, 0.4) is 0 Å². The Morgan fingerprint density at radius 2 is 2.37 bits per heavy atom. The van der Waals surface area contributed by atoms with Crippen molar-refractivity contribution in [1.29, 1.82) is 0 Å². The number of amides is 1. The zero-order chi connectivity index (χ0) is 14.0. The van der Waals surface area contributed by atoms with Crippen LogP contribution in [0, 0.1) is 6.92 Å². The van der Waals surface area contributed by atoms with Crippen LogP contribution in [0.4, 0.5) is 8.78 Å². The quantitative estimate of drug-likeness (QED) is 0.924. The van der Waals surface area contributed by atoms with Crippen molar-refractivity contribution in [1.82, 2.24) is 5.32 Å². The molecule has 1 aliphatic heterocycles. The summed E-state index contributed by atoms with van der Waals surface area (Å²) in [5, 5.41) is 2.71. The number of carbonyl (C=O) groups excluding carboxylic acids is 1. The highest BCUT2D eigenvalue weighted by atomic mass is 32.2. The van der Waals surface area contributed by atoms with E-state index in [0.717, 1.165) is 16.2 Å². The minimum atomic E-state index is -2.96. The lowest BCUT2D eigenvalue weighted by molar-refractivity contribution is -0.0498. The molecule has 0 spiro atoms. The van der Waals surface area contributed by atoms with Gasteiger partial charge in [-0.1, -0.05) is 0 Å². The second-order valence-corrected chi connectivity index (χ2v) is 7.08. The third-order valence-electron chi connectivity index (χ3n) is 2.66. The number of ether oxygens (including phenoxy) is 1. The van der Waals surface area contributed by atoms with Gasteiger partial charge in [0.15, 0.2) is 0 Å². The Morgan fingerprint density at radius 1 is 1.63 bits per heavy atom. The van der Waals surface area contributed by atoms with Gasteiger partial charge in [-0.15, -0.1) is 11.3 Å². The summed E-state index contributed by atoms with van der Waals surface area (Å²) in [5.74, 6) is 0.433. The number of rotatable bonds is 4. The maximum Gasteiger partial charge on any atom is 0.387 e. The number of carbonyl (C=O) groups is 1. The van der Waals surface area contributed by atoms with Crippen molar-refractivity contribution in [2.24, 2.45) is 0 Å². The van der Waals surface area contributed by atoms with Gasteiger partial charge < -0.3 is 10.1 Å². The van der Waals surface area contributed by atoms with Crippen LogP contribution in [-0.4, -0.2) is 34.3 Å². The molecule has 0 bridgehead atoms. The lowest BCUT2D eigenvalue weighted by Gasteiger charge is -2.11. The molecule has 1 aromatic rings. The summed E-state index contributed by atoms with van der Waals surface area (Å²) in [7, 11) is -0.898. The van der Waals surface area contributed by atoms with E-state index in [9.17, 15) is 17.8 Å². The molecular weight excluding hydrogens is 296 g/mol. The van der Waals surface area contributed by atoms with Crippen molar-refractivity contribution in [3.8, 4) is 5.75 Å². The molecule has 2 atom stereocenters. The van der Waals surface area contributed by atoms with Gasteiger partial charge in [-0.25, -0.2) is 0 Å². The Morgan fingerprint density at radius 3 is 2.95 bits per heavy atom. The Hall–Kier alpha value is -1.02. The molecule has 106 valence electrons. The largest absolute Gasteiger partial charge is 0.433 e. The van der Waals surface area contributed by atoms with Crippen molar-refractivity contribution >= 4 is 28.0 Å². The summed E-state index contributed by atoms with van der Waals surface area (Å²) in [6, 6.07) is 1.26. The van der Waals surface area contributed by atoms with Gasteiger partial charge in [-0.2, -0.15) is 8.78 Å². The smallest absolute Gasteiger partial charge is 0.387 e. The van der Waals surface area contributed by atoms with Crippen LogP contribution < -0.4 is 10.1 Å². The number of halogens is 2. The van der Waals surface area contributed by atoms with Crippen LogP contribution >= 0.6 is 11.3 Å². The third-order valence-corrected chi connectivity index (χ3v) is 5.16. The van der Waals surface area contributed by atoms with Gasteiger partial charge in [0.1, 0.15) is 10.6 Å². The van der Waals surface area contributed by atoms with E-state index in [1.165, 1.54) is 6.07 Å². The second-order valence-electron chi connectivity index (χ2n) is 4.20. The molecule has 2 heterocycles. The minimum Gasteiger partial charge on any atom is -0.433 e. The molecule has 19 heavy (non-hydrogen) atoms.